The van der Waals surface area contributed by atoms with Crippen molar-refractivity contribution in [3.8, 4) is 0 Å². The third-order valence-electron chi connectivity index (χ3n) is 1.35. The van der Waals surface area contributed by atoms with Crippen LogP contribution in [0.1, 0.15) is 12.8 Å². The molecule has 0 aromatic rings. The van der Waals surface area contributed by atoms with Crippen molar-refractivity contribution < 1.29 is 9.59 Å². The van der Waals surface area contributed by atoms with Crippen LogP contribution in [0.4, 0.5) is 0 Å². The maximum atomic E-state index is 10.2. The second-order valence-corrected chi connectivity index (χ2v) is 2.05. The second-order valence-electron chi connectivity index (χ2n) is 2.05. The van der Waals surface area contributed by atoms with Crippen molar-refractivity contribution in [2.24, 2.45) is 11.7 Å². The fourth-order valence-electron chi connectivity index (χ4n) is 0.691. The Morgan fingerprint density at radius 2 is 2.12 bits per heavy atom. The molecule has 0 bridgehead atoms. The summed E-state index contributed by atoms with van der Waals surface area (Å²) in [5, 5.41) is 0. The summed E-state index contributed by atoms with van der Waals surface area (Å²) in [6.07, 6.45) is 0.741. The molecule has 1 amide bonds. The van der Waals surface area contributed by atoms with Crippen molar-refractivity contribution in [3.05, 3.63) is 0 Å². The number of amides is 1. The van der Waals surface area contributed by atoms with Gasteiger partial charge in [0, 0.05) is 12.8 Å². The Labute approximate surface area is 46.9 Å². The number of primary amides is 1. The van der Waals surface area contributed by atoms with E-state index in [1.165, 1.54) is 0 Å². The molecular weight excluding hydrogens is 106 g/mol. The highest BCUT2D eigenvalue weighted by molar-refractivity contribution is 5.95. The average Bonchev–Trinajstić information content (AvgIpc) is 1.57. The van der Waals surface area contributed by atoms with Crippen LogP contribution in [0.3, 0.4) is 0 Å². The van der Waals surface area contributed by atoms with E-state index in [9.17, 15) is 9.59 Å². The van der Waals surface area contributed by atoms with Gasteiger partial charge in [-0.3, -0.25) is 9.59 Å². The average molecular weight is 113 g/mol. The lowest BCUT2D eigenvalue weighted by Gasteiger charge is -2.19. The van der Waals surface area contributed by atoms with E-state index in [0.29, 0.717) is 12.8 Å². The number of rotatable bonds is 1. The minimum atomic E-state index is -0.343. The molecule has 1 saturated carbocycles. The molecule has 0 saturated heterocycles. The Kier molecular flexibility index (Phi) is 1.04. The summed E-state index contributed by atoms with van der Waals surface area (Å²) in [5.74, 6) is -0.346. The number of Topliss-reactive ketones (excluding diaryl/α,β-unsaturated/α-hetero) is 1. The first-order chi connectivity index (χ1) is 3.70. The van der Waals surface area contributed by atoms with Gasteiger partial charge in [0.1, 0.15) is 5.78 Å². The number of ketones is 1. The maximum Gasteiger partial charge on any atom is 0.221 e. The molecule has 1 rings (SSSR count). The molecule has 1 aliphatic carbocycles. The molecule has 3 heteroatoms. The topological polar surface area (TPSA) is 60.2 Å². The van der Waals surface area contributed by atoms with Gasteiger partial charge in [0.25, 0.3) is 0 Å². The maximum absolute atomic E-state index is 10.2. The van der Waals surface area contributed by atoms with Gasteiger partial charge in [-0.1, -0.05) is 0 Å². The van der Waals surface area contributed by atoms with Crippen molar-refractivity contribution in [1.29, 1.82) is 0 Å². The van der Waals surface area contributed by atoms with Crippen molar-refractivity contribution in [1.82, 2.24) is 0 Å². The first-order valence-corrected chi connectivity index (χ1v) is 2.51. The molecule has 2 N–H and O–H groups in total. The van der Waals surface area contributed by atoms with Crippen LogP contribution in [0.2, 0.25) is 0 Å². The molecule has 0 atom stereocenters. The second kappa shape index (κ2) is 1.58. The third kappa shape index (κ3) is 0.710. The zero-order valence-electron chi connectivity index (χ0n) is 4.39. The van der Waals surface area contributed by atoms with Crippen LogP contribution < -0.4 is 5.73 Å². The Morgan fingerprint density at radius 3 is 2.25 bits per heavy atom. The summed E-state index contributed by atoms with van der Waals surface area (Å²) in [5.41, 5.74) is 4.87. The quantitative estimate of drug-likeness (QED) is 0.496. The number of hydrogen-bond donors (Lipinski definition) is 1. The Balaban J connectivity index is 2.35. The standard InChI is InChI=1S/C5H7NO2/c6-5(8)3-1-4(7)2-3/h3H,1-2H2,(H2,6,8). The summed E-state index contributed by atoms with van der Waals surface area (Å²) in [7, 11) is 0. The highest BCUT2D eigenvalue weighted by Gasteiger charge is 2.30. The number of carbonyl (C=O) groups excluding carboxylic acids is 2. The summed E-state index contributed by atoms with van der Waals surface area (Å²) < 4.78 is 0. The van der Waals surface area contributed by atoms with Gasteiger partial charge in [0.15, 0.2) is 0 Å². The molecule has 0 aliphatic heterocycles. The Hall–Kier alpha value is -0.860. The highest BCUT2D eigenvalue weighted by atomic mass is 16.2. The summed E-state index contributed by atoms with van der Waals surface area (Å²) in [4.78, 5) is 20.4. The van der Waals surface area contributed by atoms with E-state index in [2.05, 4.69) is 0 Å². The van der Waals surface area contributed by atoms with E-state index >= 15 is 0 Å². The molecule has 0 unspecified atom stereocenters. The molecule has 0 aromatic heterocycles. The zero-order chi connectivity index (χ0) is 6.15. The van der Waals surface area contributed by atoms with E-state index in [1.807, 2.05) is 0 Å². The molecule has 8 heavy (non-hydrogen) atoms. The normalized spacial score (nSPS) is 20.2. The van der Waals surface area contributed by atoms with Crippen LogP contribution in [0, 0.1) is 5.92 Å². The monoisotopic (exact) mass is 113 g/mol. The summed E-state index contributed by atoms with van der Waals surface area (Å²) in [6, 6.07) is 0. The Bertz CT molecular complexity index is 133. The summed E-state index contributed by atoms with van der Waals surface area (Å²) >= 11 is 0. The van der Waals surface area contributed by atoms with E-state index in [-0.39, 0.29) is 17.6 Å². The number of hydrogen-bond acceptors (Lipinski definition) is 2. The van der Waals surface area contributed by atoms with Gasteiger partial charge >= 0.3 is 0 Å². The van der Waals surface area contributed by atoms with E-state index < -0.39 is 0 Å². The van der Waals surface area contributed by atoms with Crippen LogP contribution in [0.5, 0.6) is 0 Å². The molecule has 1 fully saturated rings. The largest absolute Gasteiger partial charge is 0.369 e. The molecule has 1 aliphatic rings. The lowest BCUT2D eigenvalue weighted by atomic mass is 9.84. The molecule has 3 nitrogen and oxygen atoms in total. The molecule has 0 heterocycles. The van der Waals surface area contributed by atoms with Gasteiger partial charge in [0.05, 0.1) is 5.92 Å². The van der Waals surface area contributed by atoms with Crippen molar-refractivity contribution in [2.75, 3.05) is 0 Å². The van der Waals surface area contributed by atoms with Crippen molar-refractivity contribution in [3.63, 3.8) is 0 Å². The van der Waals surface area contributed by atoms with Gasteiger partial charge in [-0.25, -0.2) is 0 Å². The van der Waals surface area contributed by atoms with E-state index in [4.69, 9.17) is 5.73 Å². The minimum absolute atomic E-state index is 0.147. The molecular formula is C5H7NO2. The first kappa shape index (κ1) is 5.28. The fraction of sp³-hybridized carbons (Fsp3) is 0.600. The predicted octanol–water partition coefficient (Wildman–Crippen LogP) is -0.549. The molecule has 0 aromatic carbocycles. The lowest BCUT2D eigenvalue weighted by Crippen LogP contribution is -2.34. The van der Waals surface area contributed by atoms with E-state index in [1.54, 1.807) is 0 Å². The minimum Gasteiger partial charge on any atom is -0.369 e. The van der Waals surface area contributed by atoms with Crippen LogP contribution in [-0.4, -0.2) is 11.7 Å². The van der Waals surface area contributed by atoms with Crippen LogP contribution in [-0.2, 0) is 9.59 Å². The fourth-order valence-corrected chi connectivity index (χ4v) is 0.691. The summed E-state index contributed by atoms with van der Waals surface area (Å²) in [6.45, 7) is 0. The molecule has 44 valence electrons. The SMILES string of the molecule is NC(=O)C1CC(=O)C1. The van der Waals surface area contributed by atoms with Crippen LogP contribution >= 0.6 is 0 Å². The van der Waals surface area contributed by atoms with Crippen LogP contribution in [0.15, 0.2) is 0 Å². The molecule has 0 spiro atoms. The predicted molar refractivity (Wildman–Crippen MR) is 26.9 cm³/mol. The van der Waals surface area contributed by atoms with Gasteiger partial charge in [0.2, 0.25) is 5.91 Å². The van der Waals surface area contributed by atoms with Gasteiger partial charge in [-0.2, -0.15) is 0 Å². The van der Waals surface area contributed by atoms with Gasteiger partial charge in [-0.05, 0) is 0 Å². The van der Waals surface area contributed by atoms with Gasteiger partial charge in [-0.15, -0.1) is 0 Å². The van der Waals surface area contributed by atoms with E-state index in [0.717, 1.165) is 0 Å². The van der Waals surface area contributed by atoms with Gasteiger partial charge < -0.3 is 5.73 Å². The number of nitrogens with two attached hydrogens (primary N) is 1. The Morgan fingerprint density at radius 1 is 1.62 bits per heavy atom. The van der Waals surface area contributed by atoms with Crippen molar-refractivity contribution >= 4 is 11.7 Å². The highest BCUT2D eigenvalue weighted by Crippen LogP contribution is 2.21. The number of carbonyl (C=O) groups is 2. The first-order valence-electron chi connectivity index (χ1n) is 2.51. The third-order valence-corrected chi connectivity index (χ3v) is 1.35. The van der Waals surface area contributed by atoms with Crippen molar-refractivity contribution in [2.45, 2.75) is 12.8 Å². The smallest absolute Gasteiger partial charge is 0.221 e. The lowest BCUT2D eigenvalue weighted by molar-refractivity contribution is -0.136. The zero-order valence-corrected chi connectivity index (χ0v) is 4.39. The van der Waals surface area contributed by atoms with Crippen LogP contribution in [0.25, 0.3) is 0 Å². The molecule has 0 radical (unpaired) electrons.